The SMILES string of the molecule is C[C@@H]1[C@@H](NC(=O)[C@@H]2C([C@H](C)O)[C@H](CO)ON2Cc2cccc(C#CC(C)(O)c3ccccc3)c2)C[C@H]2C[C@@H]1C2(C)C. The van der Waals surface area contributed by atoms with Gasteiger partial charge in [0.25, 0.3) is 0 Å². The topological polar surface area (TPSA) is 102 Å². The van der Waals surface area contributed by atoms with Gasteiger partial charge in [0.15, 0.2) is 0 Å². The van der Waals surface area contributed by atoms with Gasteiger partial charge in [-0.2, -0.15) is 5.06 Å². The lowest BCUT2D eigenvalue weighted by Crippen LogP contribution is -2.62. The molecule has 2 aromatic rings. The molecule has 4 N–H and O–H groups in total. The average molecular weight is 561 g/mol. The molecule has 1 aliphatic heterocycles. The summed E-state index contributed by atoms with van der Waals surface area (Å²) in [6.07, 6.45) is 0.648. The van der Waals surface area contributed by atoms with Crippen LogP contribution in [-0.2, 0) is 21.8 Å². The lowest BCUT2D eigenvalue weighted by molar-refractivity contribution is -0.183. The number of carbonyl (C=O) groups is 1. The zero-order valence-electron chi connectivity index (χ0n) is 24.7. The minimum absolute atomic E-state index is 0.0833. The summed E-state index contributed by atoms with van der Waals surface area (Å²) < 4.78 is 0. The molecular formula is C34H44N2O5. The summed E-state index contributed by atoms with van der Waals surface area (Å²) in [6, 6.07) is 16.3. The molecule has 7 heteroatoms. The molecule has 0 aromatic heterocycles. The number of rotatable bonds is 7. The first-order valence-electron chi connectivity index (χ1n) is 14.8. The number of aliphatic hydroxyl groups is 3. The molecular weight excluding hydrogens is 516 g/mol. The molecule has 220 valence electrons. The van der Waals surface area contributed by atoms with Crippen molar-refractivity contribution in [2.75, 3.05) is 6.61 Å². The zero-order valence-corrected chi connectivity index (χ0v) is 24.7. The molecule has 3 aliphatic carbocycles. The molecule has 2 bridgehead atoms. The van der Waals surface area contributed by atoms with Crippen LogP contribution in [-0.4, -0.2) is 57.2 Å². The largest absolute Gasteiger partial charge is 0.394 e. The maximum atomic E-state index is 13.9. The Hall–Kier alpha value is -2.73. The number of amides is 1. The van der Waals surface area contributed by atoms with Gasteiger partial charge < -0.3 is 20.6 Å². The van der Waals surface area contributed by atoms with E-state index in [1.165, 1.54) is 6.42 Å². The number of hydrogen-bond acceptors (Lipinski definition) is 6. The van der Waals surface area contributed by atoms with Crippen molar-refractivity contribution in [3.05, 3.63) is 71.3 Å². The lowest BCUT2D eigenvalue weighted by Gasteiger charge is -2.62. The van der Waals surface area contributed by atoms with E-state index >= 15 is 0 Å². The van der Waals surface area contributed by atoms with Gasteiger partial charge in [0.2, 0.25) is 5.91 Å². The van der Waals surface area contributed by atoms with E-state index in [0.29, 0.717) is 23.2 Å². The number of nitrogens with one attached hydrogen (secondary N) is 1. The second-order valence-corrected chi connectivity index (χ2v) is 13.1. The molecule has 4 aliphatic rings. The van der Waals surface area contributed by atoms with Gasteiger partial charge in [0, 0.05) is 17.5 Å². The Balaban J connectivity index is 1.34. The van der Waals surface area contributed by atoms with Gasteiger partial charge in [-0.05, 0) is 73.1 Å². The number of hydrogen-bond donors (Lipinski definition) is 4. The van der Waals surface area contributed by atoms with Crippen molar-refractivity contribution >= 4 is 5.91 Å². The summed E-state index contributed by atoms with van der Waals surface area (Å²) in [4.78, 5) is 20.0. The van der Waals surface area contributed by atoms with Gasteiger partial charge in [-0.1, -0.05) is 75.1 Å². The molecule has 1 saturated heterocycles. The Morgan fingerprint density at radius 1 is 1.20 bits per heavy atom. The lowest BCUT2D eigenvalue weighted by atomic mass is 9.45. The van der Waals surface area contributed by atoms with E-state index in [1.54, 1.807) is 18.9 Å². The van der Waals surface area contributed by atoms with Crippen LogP contribution in [0.25, 0.3) is 0 Å². The summed E-state index contributed by atoms with van der Waals surface area (Å²) >= 11 is 0. The molecule has 4 fully saturated rings. The predicted octanol–water partition coefficient (Wildman–Crippen LogP) is 3.61. The van der Waals surface area contributed by atoms with Crippen LogP contribution in [0.3, 0.4) is 0 Å². The van der Waals surface area contributed by atoms with Crippen LogP contribution < -0.4 is 5.32 Å². The monoisotopic (exact) mass is 560 g/mol. The summed E-state index contributed by atoms with van der Waals surface area (Å²) in [5.41, 5.74) is 1.32. The third-order valence-electron chi connectivity index (χ3n) is 10.1. The zero-order chi connectivity index (χ0) is 29.5. The fourth-order valence-electron chi connectivity index (χ4n) is 7.44. The molecule has 3 saturated carbocycles. The maximum absolute atomic E-state index is 13.9. The highest BCUT2D eigenvalue weighted by molar-refractivity contribution is 5.82. The maximum Gasteiger partial charge on any atom is 0.240 e. The summed E-state index contributed by atoms with van der Waals surface area (Å²) in [5, 5.41) is 36.6. The number of aliphatic hydroxyl groups excluding tert-OH is 2. The van der Waals surface area contributed by atoms with Crippen molar-refractivity contribution < 1.29 is 25.0 Å². The molecule has 41 heavy (non-hydrogen) atoms. The first kappa shape index (κ1) is 29.8. The number of hydroxylamine groups is 2. The summed E-state index contributed by atoms with van der Waals surface area (Å²) in [6.45, 7) is 10.2. The van der Waals surface area contributed by atoms with Crippen molar-refractivity contribution in [1.29, 1.82) is 0 Å². The second-order valence-electron chi connectivity index (χ2n) is 13.1. The van der Waals surface area contributed by atoms with Crippen LogP contribution in [0.15, 0.2) is 54.6 Å². The number of fused-ring (bicyclic) bond motifs is 2. The Morgan fingerprint density at radius 3 is 2.56 bits per heavy atom. The van der Waals surface area contributed by atoms with E-state index < -0.39 is 29.8 Å². The quantitative estimate of drug-likeness (QED) is 0.386. The van der Waals surface area contributed by atoms with Gasteiger partial charge in [-0.15, -0.1) is 0 Å². The van der Waals surface area contributed by atoms with E-state index in [9.17, 15) is 20.1 Å². The minimum Gasteiger partial charge on any atom is -0.394 e. The van der Waals surface area contributed by atoms with Crippen LogP contribution in [0.5, 0.6) is 0 Å². The van der Waals surface area contributed by atoms with Gasteiger partial charge in [-0.3, -0.25) is 9.63 Å². The standard InChI is InChI=1S/C34H44N2O5/c1-21-27-17-26(33(27,3)4)18-28(21)35-32(39)31-30(22(2)38)29(20-37)41-36(31)19-24-11-9-10-23(16-24)14-15-34(5,40)25-12-7-6-8-13-25/h6-13,16,21-22,26-31,37-38,40H,17-20H2,1-5H3,(H,35,39)/t21-,22-,26+,27-,28-,29-,30?,31-,34?/m0/s1. The molecule has 0 spiro atoms. The van der Waals surface area contributed by atoms with Crippen LogP contribution in [0, 0.1) is 40.9 Å². The molecule has 7 nitrogen and oxygen atoms in total. The van der Waals surface area contributed by atoms with E-state index in [0.717, 1.165) is 23.1 Å². The first-order chi connectivity index (χ1) is 19.4. The molecule has 2 unspecified atom stereocenters. The van der Waals surface area contributed by atoms with E-state index in [2.05, 4.69) is 37.9 Å². The smallest absolute Gasteiger partial charge is 0.240 e. The third-order valence-corrected chi connectivity index (χ3v) is 10.1. The van der Waals surface area contributed by atoms with Crippen LogP contribution in [0.4, 0.5) is 0 Å². The predicted molar refractivity (Wildman–Crippen MR) is 157 cm³/mol. The molecule has 1 heterocycles. The number of benzene rings is 2. The van der Waals surface area contributed by atoms with Gasteiger partial charge in [0.05, 0.1) is 19.3 Å². The third kappa shape index (κ3) is 5.82. The Bertz CT molecular complexity index is 1300. The van der Waals surface area contributed by atoms with Crippen molar-refractivity contribution in [1.82, 2.24) is 10.4 Å². The Morgan fingerprint density at radius 2 is 1.93 bits per heavy atom. The number of carbonyl (C=O) groups excluding carboxylic acids is 1. The highest BCUT2D eigenvalue weighted by atomic mass is 16.7. The summed E-state index contributed by atoms with van der Waals surface area (Å²) in [7, 11) is 0. The highest BCUT2D eigenvalue weighted by Gasteiger charge is 2.57. The Labute approximate surface area is 243 Å². The second kappa shape index (κ2) is 11.5. The molecule has 0 radical (unpaired) electrons. The average Bonchev–Trinajstić information content (AvgIpc) is 3.32. The van der Waals surface area contributed by atoms with Crippen molar-refractivity contribution in [3.63, 3.8) is 0 Å². The number of nitrogens with zero attached hydrogens (tertiary/aromatic N) is 1. The van der Waals surface area contributed by atoms with Gasteiger partial charge in [-0.25, -0.2) is 0 Å². The van der Waals surface area contributed by atoms with Gasteiger partial charge in [0.1, 0.15) is 17.7 Å². The normalized spacial score (nSPS) is 32.6. The fourth-order valence-corrected chi connectivity index (χ4v) is 7.44. The first-order valence-corrected chi connectivity index (χ1v) is 14.8. The van der Waals surface area contributed by atoms with Crippen molar-refractivity contribution in [2.24, 2.45) is 29.1 Å². The molecule has 2 aromatic carbocycles. The van der Waals surface area contributed by atoms with Crippen LogP contribution in [0.2, 0.25) is 0 Å². The molecule has 1 amide bonds. The fraction of sp³-hybridized carbons (Fsp3) is 0.559. The van der Waals surface area contributed by atoms with Crippen LogP contribution >= 0.6 is 0 Å². The Kier molecular flexibility index (Phi) is 8.35. The van der Waals surface area contributed by atoms with Gasteiger partial charge >= 0.3 is 0 Å². The summed E-state index contributed by atoms with van der Waals surface area (Å²) in [5.74, 6) is 6.88. The van der Waals surface area contributed by atoms with E-state index in [-0.39, 0.29) is 25.1 Å². The molecule has 6 rings (SSSR count). The van der Waals surface area contributed by atoms with Crippen molar-refractivity contribution in [3.8, 4) is 11.8 Å². The van der Waals surface area contributed by atoms with Crippen molar-refractivity contribution in [2.45, 2.75) is 83.9 Å². The minimum atomic E-state index is -1.30. The van der Waals surface area contributed by atoms with Crippen LogP contribution in [0.1, 0.15) is 64.2 Å². The molecule has 9 atom stereocenters. The van der Waals surface area contributed by atoms with E-state index in [1.807, 2.05) is 54.6 Å². The van der Waals surface area contributed by atoms with E-state index in [4.69, 9.17) is 4.84 Å². The highest BCUT2D eigenvalue weighted by Crippen LogP contribution is 2.61.